The van der Waals surface area contributed by atoms with Gasteiger partial charge in [-0.25, -0.2) is 23.6 Å². The van der Waals surface area contributed by atoms with Crippen LogP contribution in [0, 0.1) is 11.6 Å². The molecule has 12 heteroatoms. The summed E-state index contributed by atoms with van der Waals surface area (Å²) >= 11 is 0. The zero-order chi connectivity index (χ0) is 29.3. The number of halogens is 2. The molecule has 4 amide bonds. The first-order chi connectivity index (χ1) is 19.6. The Balaban J connectivity index is 1.50. The molecule has 2 fully saturated rings. The van der Waals surface area contributed by atoms with E-state index in [4.69, 9.17) is 0 Å². The van der Waals surface area contributed by atoms with Crippen molar-refractivity contribution in [2.24, 2.45) is 0 Å². The minimum absolute atomic E-state index is 0.0293. The number of carbonyl (C=O) groups excluding carboxylic acids is 3. The fourth-order valence-corrected chi connectivity index (χ4v) is 5.25. The number of nitrogens with one attached hydrogen (secondary N) is 1. The number of rotatable bonds is 6. The fraction of sp³-hybridized carbons (Fsp3) is 0.276. The van der Waals surface area contributed by atoms with Gasteiger partial charge in [-0.15, -0.1) is 0 Å². The van der Waals surface area contributed by atoms with Gasteiger partial charge in [0.25, 0.3) is 0 Å². The van der Waals surface area contributed by atoms with Gasteiger partial charge >= 0.3 is 6.03 Å². The van der Waals surface area contributed by atoms with Gasteiger partial charge < -0.3 is 25.3 Å². The van der Waals surface area contributed by atoms with Gasteiger partial charge in [0.05, 0.1) is 13.1 Å². The summed E-state index contributed by atoms with van der Waals surface area (Å²) in [5, 5.41) is 26.7. The first-order valence-corrected chi connectivity index (χ1v) is 13.0. The summed E-state index contributed by atoms with van der Waals surface area (Å²) in [4.78, 5) is 43.2. The quantitative estimate of drug-likeness (QED) is 0.423. The second-order valence-electron chi connectivity index (χ2n) is 10.0. The van der Waals surface area contributed by atoms with E-state index >= 15 is 0 Å². The number of aromatic hydroxyl groups is 1. The number of aliphatic hydroxyl groups excluding tert-OH is 1. The van der Waals surface area contributed by atoms with E-state index in [-0.39, 0.29) is 43.1 Å². The van der Waals surface area contributed by atoms with Crippen LogP contribution in [0.3, 0.4) is 0 Å². The van der Waals surface area contributed by atoms with E-state index in [1.165, 1.54) is 50.1 Å². The minimum Gasteiger partial charge on any atom is -0.508 e. The van der Waals surface area contributed by atoms with Gasteiger partial charge in [0.1, 0.15) is 35.7 Å². The standard InChI is InChI=1S/C29H29F2N5O5/c1-33-17-25(38)35-24(36(33)29(41)32-14-18-5-3-2-4-6-18)16-34(15-20-7-10-21(30)13-23(20)31)28(40)26(35)27(39)19-8-11-22(37)12-9-19/h2-13,24,26-27,37,39H,14-17H2,1H3,(H,32,41)/t24?,26-,27?/m0/s1. The highest BCUT2D eigenvalue weighted by Crippen LogP contribution is 2.33. The Morgan fingerprint density at radius 1 is 1.05 bits per heavy atom. The van der Waals surface area contributed by atoms with E-state index in [0.717, 1.165) is 11.6 Å². The highest BCUT2D eigenvalue weighted by molar-refractivity contribution is 5.92. The maximum atomic E-state index is 14.6. The van der Waals surface area contributed by atoms with Crippen LogP contribution >= 0.6 is 0 Å². The molecular formula is C29H29F2N5O5. The molecule has 2 aliphatic rings. The smallest absolute Gasteiger partial charge is 0.334 e. The number of carbonyl (C=O) groups is 3. The SMILES string of the molecule is CN1CC(=O)N2C(CN(Cc3ccc(F)cc3F)C(=O)[C@@H]2C(O)c2ccc(O)cc2)N1C(=O)NCc1ccccc1. The van der Waals surface area contributed by atoms with Crippen LogP contribution in [-0.2, 0) is 22.7 Å². The van der Waals surface area contributed by atoms with Crippen molar-refractivity contribution in [2.45, 2.75) is 31.4 Å². The Morgan fingerprint density at radius 3 is 2.44 bits per heavy atom. The molecule has 2 aliphatic heterocycles. The molecular weight excluding hydrogens is 536 g/mol. The summed E-state index contributed by atoms with van der Waals surface area (Å²) in [5.41, 5.74) is 1.13. The molecule has 5 rings (SSSR count). The third-order valence-electron chi connectivity index (χ3n) is 7.28. The van der Waals surface area contributed by atoms with Gasteiger partial charge in [-0.1, -0.05) is 48.5 Å². The van der Waals surface area contributed by atoms with E-state index in [0.29, 0.717) is 6.07 Å². The topological polar surface area (TPSA) is 117 Å². The number of benzene rings is 3. The number of hydrazine groups is 1. The second kappa shape index (κ2) is 11.5. The van der Waals surface area contributed by atoms with Gasteiger partial charge in [0.15, 0.2) is 0 Å². The highest BCUT2D eigenvalue weighted by Gasteiger charge is 2.53. The molecule has 0 saturated carbocycles. The molecule has 0 spiro atoms. The molecule has 41 heavy (non-hydrogen) atoms. The summed E-state index contributed by atoms with van der Waals surface area (Å²) in [6.45, 7) is -0.518. The summed E-state index contributed by atoms with van der Waals surface area (Å²) in [7, 11) is 1.56. The summed E-state index contributed by atoms with van der Waals surface area (Å²) < 4.78 is 28.2. The molecule has 10 nitrogen and oxygen atoms in total. The third kappa shape index (κ3) is 5.70. The maximum Gasteiger partial charge on any atom is 0.334 e. The maximum absolute atomic E-state index is 14.6. The zero-order valence-electron chi connectivity index (χ0n) is 22.2. The number of amides is 4. The van der Waals surface area contributed by atoms with Crippen molar-refractivity contribution in [3.8, 4) is 5.75 Å². The number of urea groups is 1. The summed E-state index contributed by atoms with van der Waals surface area (Å²) in [6.07, 6.45) is -2.58. The van der Waals surface area contributed by atoms with Crippen molar-refractivity contribution in [2.75, 3.05) is 20.1 Å². The molecule has 3 atom stereocenters. The Kier molecular flexibility index (Phi) is 7.86. The number of likely N-dealkylation sites (N-methyl/N-ethyl adjacent to an activating group) is 1. The first-order valence-electron chi connectivity index (χ1n) is 13.0. The van der Waals surface area contributed by atoms with E-state index in [2.05, 4.69) is 5.32 Å². The molecule has 2 unspecified atom stereocenters. The van der Waals surface area contributed by atoms with Crippen molar-refractivity contribution >= 4 is 17.8 Å². The molecule has 3 aromatic rings. The van der Waals surface area contributed by atoms with Gasteiger partial charge in [-0.3, -0.25) is 9.59 Å². The van der Waals surface area contributed by atoms with Crippen molar-refractivity contribution < 1.29 is 33.4 Å². The van der Waals surface area contributed by atoms with Crippen molar-refractivity contribution in [3.05, 3.63) is 101 Å². The van der Waals surface area contributed by atoms with Crippen LogP contribution in [0.25, 0.3) is 0 Å². The average molecular weight is 566 g/mol. The lowest BCUT2D eigenvalue weighted by Crippen LogP contribution is -2.76. The number of fused-ring (bicyclic) bond motifs is 1. The number of hydrogen-bond donors (Lipinski definition) is 3. The third-order valence-corrected chi connectivity index (χ3v) is 7.28. The van der Waals surface area contributed by atoms with Gasteiger partial charge in [0.2, 0.25) is 11.8 Å². The second-order valence-corrected chi connectivity index (χ2v) is 10.0. The van der Waals surface area contributed by atoms with Gasteiger partial charge in [-0.2, -0.15) is 0 Å². The number of phenols is 1. The Bertz CT molecular complexity index is 1440. The number of aliphatic hydroxyl groups is 1. The monoisotopic (exact) mass is 565 g/mol. The highest BCUT2D eigenvalue weighted by atomic mass is 19.1. The lowest BCUT2D eigenvalue weighted by Gasteiger charge is -2.55. The number of hydrogen-bond acceptors (Lipinski definition) is 6. The molecule has 2 heterocycles. The minimum atomic E-state index is -1.53. The predicted octanol–water partition coefficient (Wildman–Crippen LogP) is 2.34. The van der Waals surface area contributed by atoms with Gasteiger partial charge in [-0.05, 0) is 29.3 Å². The molecule has 0 radical (unpaired) electrons. The summed E-state index contributed by atoms with van der Waals surface area (Å²) in [5.74, 6) is -2.85. The van der Waals surface area contributed by atoms with Gasteiger partial charge in [0, 0.05) is 31.8 Å². The fourth-order valence-electron chi connectivity index (χ4n) is 5.25. The average Bonchev–Trinajstić information content (AvgIpc) is 2.94. The van der Waals surface area contributed by atoms with Crippen LogP contribution in [0.2, 0.25) is 0 Å². The molecule has 0 bridgehead atoms. The first kappa shape index (κ1) is 28.0. The van der Waals surface area contributed by atoms with Crippen LogP contribution in [-0.4, -0.2) is 80.2 Å². The van der Waals surface area contributed by atoms with E-state index in [1.54, 1.807) is 7.05 Å². The van der Waals surface area contributed by atoms with E-state index in [9.17, 15) is 33.4 Å². The molecule has 0 aliphatic carbocycles. The molecule has 3 N–H and O–H groups in total. The van der Waals surface area contributed by atoms with E-state index < -0.39 is 47.8 Å². The van der Waals surface area contributed by atoms with Crippen LogP contribution in [0.15, 0.2) is 72.8 Å². The van der Waals surface area contributed by atoms with Crippen LogP contribution in [0.4, 0.5) is 13.6 Å². The zero-order valence-corrected chi connectivity index (χ0v) is 22.2. The van der Waals surface area contributed by atoms with Crippen molar-refractivity contribution in [1.82, 2.24) is 25.1 Å². The lowest BCUT2D eigenvalue weighted by atomic mass is 9.95. The largest absolute Gasteiger partial charge is 0.508 e. The Hall–Kier alpha value is -4.55. The molecule has 3 aromatic carbocycles. The Labute approximate surface area is 235 Å². The molecule has 2 saturated heterocycles. The number of nitrogens with zero attached hydrogens (tertiary/aromatic N) is 4. The number of phenolic OH excluding ortho intramolecular Hbond substituents is 1. The van der Waals surface area contributed by atoms with Crippen LogP contribution in [0.5, 0.6) is 5.75 Å². The van der Waals surface area contributed by atoms with Crippen LogP contribution in [0.1, 0.15) is 22.8 Å². The van der Waals surface area contributed by atoms with Crippen LogP contribution < -0.4 is 5.32 Å². The lowest BCUT2D eigenvalue weighted by molar-refractivity contribution is -0.194. The molecule has 0 aromatic heterocycles. The predicted molar refractivity (Wildman–Crippen MR) is 142 cm³/mol. The Morgan fingerprint density at radius 2 is 1.76 bits per heavy atom. The van der Waals surface area contributed by atoms with Crippen molar-refractivity contribution in [1.29, 1.82) is 0 Å². The number of piperazine rings is 1. The normalized spacial score (nSPS) is 20.1. The molecule has 214 valence electrons. The van der Waals surface area contributed by atoms with Crippen molar-refractivity contribution in [3.63, 3.8) is 0 Å². The summed E-state index contributed by atoms with van der Waals surface area (Å²) in [6, 6.07) is 15.7. The van der Waals surface area contributed by atoms with E-state index in [1.807, 2.05) is 30.3 Å².